The average Bonchev–Trinajstić information content (AvgIpc) is 2.91. The molecule has 2 saturated heterocycles. The van der Waals surface area contributed by atoms with Crippen molar-refractivity contribution in [2.75, 3.05) is 24.6 Å². The van der Waals surface area contributed by atoms with Crippen LogP contribution in [0.5, 0.6) is 0 Å². The number of carbonyl (C=O) groups is 2. The van der Waals surface area contributed by atoms with Gasteiger partial charge in [-0.1, -0.05) is 13.0 Å². The van der Waals surface area contributed by atoms with Crippen LogP contribution in [-0.2, 0) is 25.8 Å². The minimum atomic E-state index is -3.31. The van der Waals surface area contributed by atoms with Crippen LogP contribution in [0, 0.1) is 12.7 Å². The molecule has 6 nitrogen and oxygen atoms in total. The van der Waals surface area contributed by atoms with Gasteiger partial charge < -0.3 is 9.80 Å². The molecule has 2 fully saturated rings. The number of benzene rings is 1. The number of aryl methyl sites for hydroxylation is 1. The first-order valence-corrected chi connectivity index (χ1v) is 10.6. The number of carbonyl (C=O) groups excluding carboxylic acids is 2. The number of nitrogens with zero attached hydrogens (tertiary/aromatic N) is 2. The van der Waals surface area contributed by atoms with Gasteiger partial charge in [0, 0.05) is 19.5 Å². The molecule has 2 aliphatic rings. The quantitative estimate of drug-likeness (QED) is 0.779. The molecule has 0 unspecified atom stereocenters. The molecule has 0 radical (unpaired) electrons. The molecule has 2 atom stereocenters. The Morgan fingerprint density at radius 2 is 1.69 bits per heavy atom. The van der Waals surface area contributed by atoms with Crippen molar-refractivity contribution in [2.24, 2.45) is 0 Å². The second-order valence-corrected chi connectivity index (χ2v) is 9.14. The zero-order chi connectivity index (χ0) is 19.1. The topological polar surface area (TPSA) is 74.8 Å². The smallest absolute Gasteiger partial charge is 0.227 e. The summed E-state index contributed by atoms with van der Waals surface area (Å²) < 4.78 is 37.8. The van der Waals surface area contributed by atoms with Gasteiger partial charge in [-0.05, 0) is 30.2 Å². The van der Waals surface area contributed by atoms with Crippen molar-refractivity contribution in [1.29, 1.82) is 0 Å². The van der Waals surface area contributed by atoms with Crippen molar-refractivity contribution in [3.8, 4) is 0 Å². The molecular weight excluding hydrogens is 359 g/mol. The highest BCUT2D eigenvalue weighted by atomic mass is 32.2. The van der Waals surface area contributed by atoms with Gasteiger partial charge in [-0.2, -0.15) is 0 Å². The van der Waals surface area contributed by atoms with Crippen LogP contribution in [0.25, 0.3) is 0 Å². The Labute approximate surface area is 152 Å². The van der Waals surface area contributed by atoms with E-state index in [0.29, 0.717) is 25.1 Å². The number of piperazine rings is 1. The van der Waals surface area contributed by atoms with Crippen molar-refractivity contribution in [3.05, 3.63) is 35.1 Å². The monoisotopic (exact) mass is 382 g/mol. The highest BCUT2D eigenvalue weighted by Crippen LogP contribution is 2.28. The Balaban J connectivity index is 1.83. The predicted molar refractivity (Wildman–Crippen MR) is 94.8 cm³/mol. The molecule has 3 rings (SSSR count). The number of sulfone groups is 1. The molecule has 142 valence electrons. The van der Waals surface area contributed by atoms with Crippen molar-refractivity contribution in [2.45, 2.75) is 38.8 Å². The minimum absolute atomic E-state index is 0.0224. The van der Waals surface area contributed by atoms with E-state index in [1.165, 1.54) is 12.1 Å². The SMILES string of the molecule is CCC(=O)N1CCN(C(=O)Cc2cc(F)ccc2C)[C@H]2CS(=O)(=O)C[C@H]21. The molecule has 0 saturated carbocycles. The van der Waals surface area contributed by atoms with Gasteiger partial charge in [-0.3, -0.25) is 9.59 Å². The molecule has 2 aliphatic heterocycles. The summed E-state index contributed by atoms with van der Waals surface area (Å²) in [6.45, 7) is 4.18. The molecule has 0 aromatic heterocycles. The van der Waals surface area contributed by atoms with Crippen LogP contribution >= 0.6 is 0 Å². The third-order valence-electron chi connectivity index (χ3n) is 5.27. The number of amides is 2. The summed E-state index contributed by atoms with van der Waals surface area (Å²) in [6, 6.07) is 3.30. The van der Waals surface area contributed by atoms with E-state index in [9.17, 15) is 22.4 Å². The summed E-state index contributed by atoms with van der Waals surface area (Å²) in [5, 5.41) is 0. The summed E-state index contributed by atoms with van der Waals surface area (Å²) in [4.78, 5) is 28.2. The van der Waals surface area contributed by atoms with Crippen LogP contribution < -0.4 is 0 Å². The van der Waals surface area contributed by atoms with Crippen LogP contribution in [-0.4, -0.2) is 66.7 Å². The third-order valence-corrected chi connectivity index (χ3v) is 6.97. The number of fused-ring (bicyclic) bond motifs is 1. The summed E-state index contributed by atoms with van der Waals surface area (Å²) in [5.41, 5.74) is 1.41. The fourth-order valence-electron chi connectivity index (χ4n) is 3.87. The number of rotatable bonds is 3. The lowest BCUT2D eigenvalue weighted by Gasteiger charge is -2.44. The Morgan fingerprint density at radius 3 is 2.27 bits per heavy atom. The lowest BCUT2D eigenvalue weighted by Crippen LogP contribution is -2.62. The van der Waals surface area contributed by atoms with E-state index in [0.717, 1.165) is 5.56 Å². The largest absolute Gasteiger partial charge is 0.335 e. The van der Waals surface area contributed by atoms with Gasteiger partial charge in [-0.15, -0.1) is 0 Å². The summed E-state index contributed by atoms with van der Waals surface area (Å²) in [6.07, 6.45) is 0.328. The Kier molecular flexibility index (Phi) is 5.05. The predicted octanol–water partition coefficient (Wildman–Crippen LogP) is 0.923. The molecular formula is C18H23FN2O4S. The highest BCUT2D eigenvalue weighted by Gasteiger charge is 2.49. The number of hydrogen-bond donors (Lipinski definition) is 0. The molecule has 1 aromatic carbocycles. The first-order chi connectivity index (χ1) is 12.2. The van der Waals surface area contributed by atoms with Crippen LogP contribution in [0.3, 0.4) is 0 Å². The zero-order valence-corrected chi connectivity index (χ0v) is 15.8. The maximum Gasteiger partial charge on any atom is 0.227 e. The van der Waals surface area contributed by atoms with Crippen LogP contribution in [0.15, 0.2) is 18.2 Å². The highest BCUT2D eigenvalue weighted by molar-refractivity contribution is 7.91. The number of halogens is 1. The van der Waals surface area contributed by atoms with Crippen LogP contribution in [0.4, 0.5) is 4.39 Å². The Bertz CT molecular complexity index is 840. The van der Waals surface area contributed by atoms with Crippen LogP contribution in [0.2, 0.25) is 0 Å². The van der Waals surface area contributed by atoms with E-state index in [1.807, 2.05) is 6.92 Å². The third kappa shape index (κ3) is 3.60. The molecule has 2 amide bonds. The van der Waals surface area contributed by atoms with E-state index >= 15 is 0 Å². The van der Waals surface area contributed by atoms with Crippen molar-refractivity contribution in [1.82, 2.24) is 9.80 Å². The standard InChI is InChI=1S/C18H23FN2O4S/c1-3-17(22)20-6-7-21(16-11-26(24,25)10-15(16)20)18(23)9-13-8-14(19)5-4-12(13)2/h4-5,8,15-16H,3,6-7,9-11H2,1-2H3/t15-,16+/m1/s1. The van der Waals surface area contributed by atoms with Gasteiger partial charge in [0.1, 0.15) is 5.82 Å². The Morgan fingerprint density at radius 1 is 1.12 bits per heavy atom. The van der Waals surface area contributed by atoms with Gasteiger partial charge in [-0.25, -0.2) is 12.8 Å². The summed E-state index contributed by atoms with van der Waals surface area (Å²) in [7, 11) is -3.31. The van der Waals surface area contributed by atoms with Gasteiger partial charge in [0.25, 0.3) is 0 Å². The average molecular weight is 382 g/mol. The molecule has 8 heteroatoms. The maximum absolute atomic E-state index is 13.5. The zero-order valence-electron chi connectivity index (χ0n) is 14.9. The van der Waals surface area contributed by atoms with Crippen molar-refractivity contribution in [3.63, 3.8) is 0 Å². The lowest BCUT2D eigenvalue weighted by molar-refractivity contribution is -0.144. The van der Waals surface area contributed by atoms with Gasteiger partial charge in [0.05, 0.1) is 30.0 Å². The second-order valence-electron chi connectivity index (χ2n) is 6.99. The Hall–Kier alpha value is -1.96. The van der Waals surface area contributed by atoms with Gasteiger partial charge >= 0.3 is 0 Å². The minimum Gasteiger partial charge on any atom is -0.335 e. The van der Waals surface area contributed by atoms with Gasteiger partial charge in [0.2, 0.25) is 11.8 Å². The van der Waals surface area contributed by atoms with Gasteiger partial charge in [0.15, 0.2) is 9.84 Å². The van der Waals surface area contributed by atoms with E-state index in [4.69, 9.17) is 0 Å². The molecule has 0 bridgehead atoms. The second kappa shape index (κ2) is 6.98. The molecule has 1 aromatic rings. The fraction of sp³-hybridized carbons (Fsp3) is 0.556. The first kappa shape index (κ1) is 18.8. The molecule has 0 aliphatic carbocycles. The maximum atomic E-state index is 13.5. The number of hydrogen-bond acceptors (Lipinski definition) is 4. The van der Waals surface area contributed by atoms with E-state index in [1.54, 1.807) is 22.8 Å². The lowest BCUT2D eigenvalue weighted by atomic mass is 10.0. The van der Waals surface area contributed by atoms with Crippen molar-refractivity contribution < 1.29 is 22.4 Å². The van der Waals surface area contributed by atoms with E-state index in [2.05, 4.69) is 0 Å². The molecule has 0 N–H and O–H groups in total. The first-order valence-electron chi connectivity index (χ1n) is 8.76. The van der Waals surface area contributed by atoms with E-state index in [-0.39, 0.29) is 29.7 Å². The normalized spacial score (nSPS) is 24.4. The van der Waals surface area contributed by atoms with Crippen molar-refractivity contribution >= 4 is 21.7 Å². The molecule has 0 spiro atoms. The van der Waals surface area contributed by atoms with E-state index < -0.39 is 27.7 Å². The van der Waals surface area contributed by atoms with Crippen LogP contribution in [0.1, 0.15) is 24.5 Å². The fourth-order valence-corrected chi connectivity index (χ4v) is 5.85. The molecule has 2 heterocycles. The summed E-state index contributed by atoms with van der Waals surface area (Å²) in [5.74, 6) is -0.955. The summed E-state index contributed by atoms with van der Waals surface area (Å²) >= 11 is 0. The molecule has 26 heavy (non-hydrogen) atoms.